The highest BCUT2D eigenvalue weighted by Crippen LogP contribution is 2.46. The van der Waals surface area contributed by atoms with E-state index in [0.717, 1.165) is 29.8 Å². The van der Waals surface area contributed by atoms with Gasteiger partial charge in [-0.25, -0.2) is 23.2 Å². The Morgan fingerprint density at radius 1 is 0.761 bits per heavy atom. The molecule has 2 saturated heterocycles. The molecular weight excluding hydrogens is 898 g/mol. The standard InChI is InChI=1S/C24H28FN3O6.C15H22N2O5.C8H8FN.ClH/c1-4-16-10-24(16,22(31)33-5-2)26-21(30)20-9-17(12-28(20)14(3)29)34-23(32)27-11-15-7-6-8-19(25)18(15)13-27;1-4-10-7-15(10,14(21)22-5-2)16-13(20)12-6-11(19)8-17(12)9(3)18;9-8-3-1-2-6-4-10-5-7(6)8;/h4,6-8,16-17,20H,1,5,9-13H2,2-3H3,(H,26,30);4,10-12,19H,1,5-8H2,2-3H3,(H,16,20);1-3,10H,4-5H2;1H/t16-,17-,20+,24-;10-,11-,12+,15-;;/m11../s1. The summed E-state index contributed by atoms with van der Waals surface area (Å²) < 4.78 is 42.6. The smallest absolute Gasteiger partial charge is 0.410 e. The molecule has 0 radical (unpaired) electrons. The Kier molecular flexibility index (Phi) is 16.9. The fourth-order valence-electron chi connectivity index (χ4n) is 9.14. The van der Waals surface area contributed by atoms with Crippen molar-refractivity contribution in [1.29, 1.82) is 0 Å². The highest BCUT2D eigenvalue weighted by atomic mass is 35.5. The highest BCUT2D eigenvalue weighted by molar-refractivity contribution is 5.96. The Balaban J connectivity index is 0.000000216. The van der Waals surface area contributed by atoms with E-state index in [1.807, 2.05) is 6.07 Å². The van der Waals surface area contributed by atoms with Gasteiger partial charge in [0, 0.05) is 62.7 Å². The number of esters is 2. The number of fused-ring (bicyclic) bond motifs is 2. The van der Waals surface area contributed by atoms with Gasteiger partial charge >= 0.3 is 18.0 Å². The minimum atomic E-state index is -1.18. The number of carbonyl (C=O) groups excluding carboxylic acids is 7. The first-order valence-electron chi connectivity index (χ1n) is 22.2. The molecule has 364 valence electrons. The Bertz CT molecular complexity index is 2270. The lowest BCUT2D eigenvalue weighted by Gasteiger charge is -2.25. The zero-order valence-corrected chi connectivity index (χ0v) is 38.8. The summed E-state index contributed by atoms with van der Waals surface area (Å²) in [5.41, 5.74) is 0.959. The monoisotopic (exact) mass is 956 g/mol. The third kappa shape index (κ3) is 11.3. The quantitative estimate of drug-likeness (QED) is 0.120. The number of hydrogen-bond acceptors (Lipinski definition) is 11. The first-order valence-corrected chi connectivity index (χ1v) is 22.2. The van der Waals surface area contributed by atoms with Crippen LogP contribution >= 0.6 is 0 Å². The van der Waals surface area contributed by atoms with Crippen LogP contribution in [0.4, 0.5) is 13.6 Å². The van der Waals surface area contributed by atoms with Crippen LogP contribution in [-0.2, 0) is 69.2 Å². The van der Waals surface area contributed by atoms with Crippen LogP contribution in [-0.4, -0.2) is 123 Å². The van der Waals surface area contributed by atoms with Crippen molar-refractivity contribution in [3.8, 4) is 0 Å². The van der Waals surface area contributed by atoms with Gasteiger partial charge in [0.25, 0.3) is 0 Å². The lowest BCUT2D eigenvalue weighted by Crippen LogP contribution is -3.00. The number of likely N-dealkylation sites (tertiary alicyclic amines) is 2. The maximum absolute atomic E-state index is 14.0. The number of ether oxygens (including phenoxy) is 3. The molecule has 20 heteroatoms. The average Bonchev–Trinajstić information content (AvgIpc) is 3.70. The largest absolute Gasteiger partial charge is 1.00 e. The van der Waals surface area contributed by atoms with Crippen LogP contribution < -0.4 is 28.4 Å². The van der Waals surface area contributed by atoms with Gasteiger partial charge in [-0.1, -0.05) is 36.4 Å². The van der Waals surface area contributed by atoms with Gasteiger partial charge in [0.1, 0.15) is 54.0 Å². The number of aliphatic hydroxyl groups is 1. The van der Waals surface area contributed by atoms with Crippen LogP contribution in [0.1, 0.15) is 75.6 Å². The van der Waals surface area contributed by atoms with E-state index in [4.69, 9.17) is 14.2 Å². The number of quaternary nitrogens is 1. The topological polar surface area (TPSA) is 218 Å². The maximum Gasteiger partial charge on any atom is 0.410 e. The molecule has 8 atom stereocenters. The summed E-state index contributed by atoms with van der Waals surface area (Å²) in [7, 11) is 0. The minimum Gasteiger partial charge on any atom is -1.00 e. The zero-order valence-electron chi connectivity index (χ0n) is 38.1. The number of β-amino-alcohol motifs (C(OH)–C–C–N with tert-alkyl or cyclic N) is 1. The number of nitrogens with two attached hydrogens (primary N) is 1. The first kappa shape index (κ1) is 52.1. The van der Waals surface area contributed by atoms with Gasteiger partial charge < -0.3 is 57.5 Å². The van der Waals surface area contributed by atoms with E-state index in [9.17, 15) is 47.4 Å². The Hall–Kier alpha value is -5.92. The highest BCUT2D eigenvalue weighted by Gasteiger charge is 2.63. The maximum atomic E-state index is 14.0. The van der Waals surface area contributed by atoms with E-state index in [1.165, 1.54) is 40.7 Å². The van der Waals surface area contributed by atoms with E-state index >= 15 is 0 Å². The normalized spacial score (nSPS) is 26.9. The first-order chi connectivity index (χ1) is 31.4. The van der Waals surface area contributed by atoms with Gasteiger partial charge in [-0.15, -0.1) is 13.2 Å². The SMILES string of the molecule is C=C[C@@H]1C[C@]1(NC(=O)[C@@H]1C[C@@H](O)CN1C(C)=O)C(=O)OCC.C=C[C@@H]1C[C@]1(NC(=O)[C@@H]1C[C@@H](OC(=O)N2Cc3cccc(F)c3C2)CN1C(C)=O)C(=O)OCC.Fc1cccc2c1C[NH2+]C2.[Cl-]. The van der Waals surface area contributed by atoms with Crippen molar-refractivity contribution in [2.24, 2.45) is 11.8 Å². The predicted molar refractivity (Wildman–Crippen MR) is 231 cm³/mol. The van der Waals surface area contributed by atoms with Gasteiger partial charge in [0.05, 0.1) is 38.0 Å². The molecule has 4 heterocycles. The molecule has 17 nitrogen and oxygen atoms in total. The van der Waals surface area contributed by atoms with E-state index in [1.54, 1.807) is 44.2 Å². The Morgan fingerprint density at radius 2 is 1.27 bits per heavy atom. The van der Waals surface area contributed by atoms with E-state index in [0.29, 0.717) is 18.4 Å². The Labute approximate surface area is 394 Å². The van der Waals surface area contributed by atoms with Crippen LogP contribution in [0, 0.1) is 23.5 Å². The number of halogens is 3. The summed E-state index contributed by atoms with van der Waals surface area (Å²) in [6, 6.07) is 8.32. The van der Waals surface area contributed by atoms with E-state index in [-0.39, 0.29) is 99.9 Å². The van der Waals surface area contributed by atoms with E-state index < -0.39 is 65.2 Å². The van der Waals surface area contributed by atoms with Crippen LogP contribution in [0.25, 0.3) is 0 Å². The van der Waals surface area contributed by atoms with Crippen molar-refractivity contribution < 1.29 is 79.4 Å². The van der Waals surface area contributed by atoms with Crippen molar-refractivity contribution >= 4 is 41.7 Å². The third-order valence-electron chi connectivity index (χ3n) is 12.9. The summed E-state index contributed by atoms with van der Waals surface area (Å²) in [5, 5.41) is 17.3. The number of aliphatic hydroxyl groups excluding tert-OH is 1. The molecule has 2 aromatic carbocycles. The average molecular weight is 957 g/mol. The molecule has 2 aromatic rings. The summed E-state index contributed by atoms with van der Waals surface area (Å²) in [6.45, 7) is 16.1. The van der Waals surface area contributed by atoms with Gasteiger partial charge in [0.15, 0.2) is 0 Å². The van der Waals surface area contributed by atoms with Crippen molar-refractivity contribution in [2.75, 3.05) is 26.3 Å². The van der Waals surface area contributed by atoms with Crippen LogP contribution in [0.3, 0.4) is 0 Å². The number of nitrogens with zero attached hydrogens (tertiary/aromatic N) is 3. The lowest BCUT2D eigenvalue weighted by molar-refractivity contribution is -0.676. The fourth-order valence-corrected chi connectivity index (χ4v) is 9.14. The molecule has 0 aromatic heterocycles. The second kappa shape index (κ2) is 21.8. The van der Waals surface area contributed by atoms with E-state index in [2.05, 4.69) is 29.1 Å². The number of nitrogens with one attached hydrogen (secondary N) is 2. The minimum absolute atomic E-state index is 0. The molecule has 0 spiro atoms. The molecule has 2 aliphatic carbocycles. The molecule has 8 rings (SSSR count). The van der Waals surface area contributed by atoms with Crippen molar-refractivity contribution in [3.05, 3.63) is 95.6 Å². The van der Waals surface area contributed by atoms with Crippen LogP contribution in [0.5, 0.6) is 0 Å². The molecule has 67 heavy (non-hydrogen) atoms. The summed E-state index contributed by atoms with van der Waals surface area (Å²) in [5.74, 6) is -3.46. The zero-order chi connectivity index (χ0) is 48.1. The number of hydrogen-bond donors (Lipinski definition) is 4. The molecule has 2 saturated carbocycles. The molecule has 5 N–H and O–H groups in total. The number of carbonyl (C=O) groups is 7. The molecule has 6 aliphatic rings. The number of amides is 5. The molecule has 4 aliphatic heterocycles. The molecule has 0 unspecified atom stereocenters. The summed E-state index contributed by atoms with van der Waals surface area (Å²) >= 11 is 0. The number of rotatable bonds is 11. The van der Waals surface area contributed by atoms with Crippen molar-refractivity contribution in [1.82, 2.24) is 25.3 Å². The van der Waals surface area contributed by atoms with Gasteiger partial charge in [-0.2, -0.15) is 0 Å². The van der Waals surface area contributed by atoms with Crippen LogP contribution in [0.15, 0.2) is 61.7 Å². The summed E-state index contributed by atoms with van der Waals surface area (Å²) in [6.07, 6.45) is 2.20. The van der Waals surface area contributed by atoms with Crippen molar-refractivity contribution in [3.63, 3.8) is 0 Å². The Morgan fingerprint density at radius 3 is 1.75 bits per heavy atom. The third-order valence-corrected chi connectivity index (χ3v) is 12.9. The predicted octanol–water partition coefficient (Wildman–Crippen LogP) is -1.11. The molecule has 4 fully saturated rings. The van der Waals surface area contributed by atoms with Gasteiger partial charge in [0.2, 0.25) is 23.6 Å². The van der Waals surface area contributed by atoms with Gasteiger partial charge in [-0.05, 0) is 44.4 Å². The second-order valence-corrected chi connectivity index (χ2v) is 17.3. The molecular formula is C47H59ClF2N6O11. The number of benzene rings is 2. The fraction of sp³-hybridized carbons (Fsp3) is 0.511. The lowest BCUT2D eigenvalue weighted by atomic mass is 10.1. The molecule has 5 amide bonds. The van der Waals surface area contributed by atoms with Gasteiger partial charge in [-0.3, -0.25) is 24.1 Å². The van der Waals surface area contributed by atoms with Crippen molar-refractivity contribution in [2.45, 2.75) is 115 Å². The second-order valence-electron chi connectivity index (χ2n) is 17.3. The summed E-state index contributed by atoms with van der Waals surface area (Å²) in [4.78, 5) is 90.7. The van der Waals surface area contributed by atoms with Crippen LogP contribution in [0.2, 0.25) is 0 Å². The molecule has 0 bridgehead atoms.